The van der Waals surface area contributed by atoms with Crippen LogP contribution in [-0.4, -0.2) is 5.71 Å². The Balaban J connectivity index is 1.70. The van der Waals surface area contributed by atoms with Gasteiger partial charge in [-0.1, -0.05) is 104 Å². The van der Waals surface area contributed by atoms with Crippen molar-refractivity contribution in [1.29, 1.82) is 0 Å². The van der Waals surface area contributed by atoms with Gasteiger partial charge in [-0.15, -0.1) is 0 Å². The molecule has 0 amide bonds. The number of hydrogen-bond donors (Lipinski definition) is 0. The molecule has 0 aromatic heterocycles. The molecule has 0 spiro atoms. The van der Waals surface area contributed by atoms with E-state index in [2.05, 4.69) is 105 Å². The van der Waals surface area contributed by atoms with E-state index in [0.717, 1.165) is 17.8 Å². The minimum absolute atomic E-state index is 0.297. The van der Waals surface area contributed by atoms with Gasteiger partial charge in [0.25, 0.3) is 0 Å². The third kappa shape index (κ3) is 3.46. The monoisotopic (exact) mass is 407 g/mol. The SMILES string of the molecule is CC(c1ccccc1)c1ccc2c(c1C(C)c1ccccc1)SC1=CCC=CC1=N2. The van der Waals surface area contributed by atoms with Crippen LogP contribution in [0.15, 0.2) is 106 Å². The third-order valence-electron chi connectivity index (χ3n) is 6.13. The molecular formula is C28H25NS. The zero-order chi connectivity index (χ0) is 20.5. The zero-order valence-corrected chi connectivity index (χ0v) is 18.2. The van der Waals surface area contributed by atoms with Gasteiger partial charge in [-0.25, -0.2) is 4.99 Å². The topological polar surface area (TPSA) is 12.4 Å². The van der Waals surface area contributed by atoms with E-state index >= 15 is 0 Å². The van der Waals surface area contributed by atoms with E-state index in [9.17, 15) is 0 Å². The van der Waals surface area contributed by atoms with Crippen molar-refractivity contribution in [3.05, 3.63) is 118 Å². The molecule has 0 fully saturated rings. The highest BCUT2D eigenvalue weighted by molar-refractivity contribution is 8.04. The molecule has 3 aromatic rings. The fourth-order valence-electron chi connectivity index (χ4n) is 4.42. The van der Waals surface area contributed by atoms with E-state index in [0.29, 0.717) is 11.8 Å². The highest BCUT2D eigenvalue weighted by Gasteiger charge is 2.27. The van der Waals surface area contributed by atoms with Gasteiger partial charge in [-0.3, -0.25) is 0 Å². The standard InChI is InChI=1S/C28H25NS/c1-19(21-11-5-3-6-12-21)23-17-18-25-28(30-26-16-10-9-15-24(26)29-25)27(23)20(2)22-13-7-4-8-14-22/h3-9,11-20H,10H2,1-2H3. The first-order valence-corrected chi connectivity index (χ1v) is 11.4. The maximum Gasteiger partial charge on any atom is 0.0780 e. The molecule has 2 aliphatic rings. The Morgan fingerprint density at radius 3 is 2.17 bits per heavy atom. The van der Waals surface area contributed by atoms with Crippen LogP contribution in [0.4, 0.5) is 5.69 Å². The number of hydrogen-bond acceptors (Lipinski definition) is 2. The molecule has 1 nitrogen and oxygen atoms in total. The largest absolute Gasteiger partial charge is 0.247 e. The van der Waals surface area contributed by atoms with Gasteiger partial charge in [0, 0.05) is 21.6 Å². The lowest BCUT2D eigenvalue weighted by Gasteiger charge is -2.28. The molecule has 1 heterocycles. The molecule has 2 heteroatoms. The molecule has 0 N–H and O–H groups in total. The minimum atomic E-state index is 0.297. The highest BCUT2D eigenvalue weighted by atomic mass is 32.2. The van der Waals surface area contributed by atoms with Crippen molar-refractivity contribution in [3.63, 3.8) is 0 Å². The summed E-state index contributed by atoms with van der Waals surface area (Å²) in [5, 5.41) is 0. The molecule has 1 aliphatic carbocycles. The number of aliphatic imine (C=N–C) groups is 1. The number of fused-ring (bicyclic) bond motifs is 2. The normalized spacial score (nSPS) is 16.7. The molecule has 30 heavy (non-hydrogen) atoms. The average molecular weight is 408 g/mol. The Morgan fingerprint density at radius 2 is 1.47 bits per heavy atom. The molecule has 0 bridgehead atoms. The lowest BCUT2D eigenvalue weighted by molar-refractivity contribution is 0.822. The smallest absolute Gasteiger partial charge is 0.0780 e. The summed E-state index contributed by atoms with van der Waals surface area (Å²) in [5.74, 6) is 0.621. The maximum atomic E-state index is 5.02. The van der Waals surface area contributed by atoms with Crippen molar-refractivity contribution >= 4 is 23.2 Å². The molecular weight excluding hydrogens is 382 g/mol. The van der Waals surface area contributed by atoms with Crippen molar-refractivity contribution < 1.29 is 0 Å². The van der Waals surface area contributed by atoms with Crippen LogP contribution in [0.5, 0.6) is 0 Å². The molecule has 3 aromatic carbocycles. The van der Waals surface area contributed by atoms with E-state index in [-0.39, 0.29) is 0 Å². The molecule has 5 rings (SSSR count). The van der Waals surface area contributed by atoms with Gasteiger partial charge < -0.3 is 0 Å². The second kappa shape index (κ2) is 8.12. The summed E-state index contributed by atoms with van der Waals surface area (Å²) in [6, 6.07) is 26.2. The quantitative estimate of drug-likeness (QED) is 0.426. The predicted octanol–water partition coefficient (Wildman–Crippen LogP) is 8.01. The Morgan fingerprint density at radius 1 is 0.800 bits per heavy atom. The molecule has 0 saturated carbocycles. The first-order valence-electron chi connectivity index (χ1n) is 10.6. The second-order valence-electron chi connectivity index (χ2n) is 7.99. The van der Waals surface area contributed by atoms with Gasteiger partial charge >= 0.3 is 0 Å². The summed E-state index contributed by atoms with van der Waals surface area (Å²) in [4.78, 5) is 7.62. The van der Waals surface area contributed by atoms with E-state index < -0.39 is 0 Å². The molecule has 1 aliphatic heterocycles. The van der Waals surface area contributed by atoms with Crippen molar-refractivity contribution in [2.45, 2.75) is 37.0 Å². The van der Waals surface area contributed by atoms with Crippen LogP contribution in [0.25, 0.3) is 0 Å². The second-order valence-corrected chi connectivity index (χ2v) is 9.04. The summed E-state index contributed by atoms with van der Waals surface area (Å²) in [5.41, 5.74) is 7.71. The number of nitrogens with zero attached hydrogens (tertiary/aromatic N) is 1. The minimum Gasteiger partial charge on any atom is -0.247 e. The fourth-order valence-corrected chi connectivity index (χ4v) is 5.66. The molecule has 2 atom stereocenters. The fraction of sp³-hybridized carbons (Fsp3) is 0.179. The summed E-state index contributed by atoms with van der Waals surface area (Å²) in [7, 11) is 0. The van der Waals surface area contributed by atoms with E-state index in [1.165, 1.54) is 32.1 Å². The third-order valence-corrected chi connectivity index (χ3v) is 7.36. The van der Waals surface area contributed by atoms with Crippen LogP contribution in [0.2, 0.25) is 0 Å². The highest BCUT2D eigenvalue weighted by Crippen LogP contribution is 2.49. The molecule has 2 unspecified atom stereocenters. The van der Waals surface area contributed by atoms with Crippen LogP contribution >= 0.6 is 11.8 Å². The van der Waals surface area contributed by atoms with Gasteiger partial charge in [0.1, 0.15) is 0 Å². The Labute approximate surface area is 183 Å². The van der Waals surface area contributed by atoms with Crippen LogP contribution in [0, 0.1) is 0 Å². The number of benzene rings is 3. The Hall–Kier alpha value is -2.84. The Bertz CT molecular complexity index is 1160. The van der Waals surface area contributed by atoms with Crippen LogP contribution in [-0.2, 0) is 0 Å². The van der Waals surface area contributed by atoms with Crippen LogP contribution < -0.4 is 0 Å². The van der Waals surface area contributed by atoms with E-state index in [1.54, 1.807) is 0 Å². The van der Waals surface area contributed by atoms with Gasteiger partial charge in [0.15, 0.2) is 0 Å². The summed E-state index contributed by atoms with van der Waals surface area (Å²) >= 11 is 1.90. The lowest BCUT2D eigenvalue weighted by Crippen LogP contribution is -2.11. The number of rotatable bonds is 4. The van der Waals surface area contributed by atoms with Gasteiger partial charge in [0.2, 0.25) is 0 Å². The van der Waals surface area contributed by atoms with Gasteiger partial charge in [-0.05, 0) is 40.8 Å². The average Bonchev–Trinajstić information content (AvgIpc) is 2.82. The number of thioether (sulfide) groups is 1. The Kier molecular flexibility index (Phi) is 5.18. The van der Waals surface area contributed by atoms with E-state index in [4.69, 9.17) is 4.99 Å². The van der Waals surface area contributed by atoms with Crippen molar-refractivity contribution in [2.24, 2.45) is 4.99 Å². The first kappa shape index (κ1) is 19.1. The van der Waals surface area contributed by atoms with Gasteiger partial charge in [0.05, 0.1) is 11.4 Å². The first-order chi connectivity index (χ1) is 14.7. The number of allylic oxidation sites excluding steroid dienone is 4. The lowest BCUT2D eigenvalue weighted by atomic mass is 9.82. The zero-order valence-electron chi connectivity index (χ0n) is 17.4. The van der Waals surface area contributed by atoms with E-state index in [1.807, 2.05) is 11.8 Å². The van der Waals surface area contributed by atoms with Crippen LogP contribution in [0.3, 0.4) is 0 Å². The summed E-state index contributed by atoms with van der Waals surface area (Å²) < 4.78 is 0. The maximum absolute atomic E-state index is 5.02. The predicted molar refractivity (Wildman–Crippen MR) is 129 cm³/mol. The molecule has 148 valence electrons. The molecule has 0 radical (unpaired) electrons. The summed E-state index contributed by atoms with van der Waals surface area (Å²) in [6.45, 7) is 4.66. The van der Waals surface area contributed by atoms with Crippen molar-refractivity contribution in [3.8, 4) is 0 Å². The van der Waals surface area contributed by atoms with Gasteiger partial charge in [-0.2, -0.15) is 0 Å². The van der Waals surface area contributed by atoms with Crippen molar-refractivity contribution in [1.82, 2.24) is 0 Å². The molecule has 0 saturated heterocycles. The van der Waals surface area contributed by atoms with Crippen molar-refractivity contribution in [2.75, 3.05) is 0 Å². The summed E-state index contributed by atoms with van der Waals surface area (Å²) in [6.07, 6.45) is 7.64. The van der Waals surface area contributed by atoms with Crippen LogP contribution in [0.1, 0.15) is 54.4 Å².